The number of hydrogen-bond donors (Lipinski definition) is 1. The smallest absolute Gasteiger partial charge is 0.243 e. The zero-order valence-corrected chi connectivity index (χ0v) is 16.2. The van der Waals surface area contributed by atoms with Crippen LogP contribution in [0.3, 0.4) is 0 Å². The van der Waals surface area contributed by atoms with Crippen LogP contribution < -0.4 is 5.32 Å². The molecule has 0 radical (unpaired) electrons. The van der Waals surface area contributed by atoms with Gasteiger partial charge in [-0.1, -0.05) is 41.4 Å². The molecular formula is C18H18Cl2N2O3S. The lowest BCUT2D eigenvalue weighted by atomic mass is 9.99. The molecule has 0 bridgehead atoms. The molecule has 1 aliphatic rings. The number of nitrogens with one attached hydrogen (secondary N) is 1. The molecule has 3 rings (SSSR count). The van der Waals surface area contributed by atoms with E-state index in [0.717, 1.165) is 0 Å². The number of nitrogens with zero attached hydrogens (tertiary/aromatic N) is 1. The lowest BCUT2D eigenvalue weighted by molar-refractivity contribution is -0.120. The minimum atomic E-state index is -3.61. The summed E-state index contributed by atoms with van der Waals surface area (Å²) in [5.41, 5.74) is 0.423. The lowest BCUT2D eigenvalue weighted by Gasteiger charge is -2.31. The normalized spacial score (nSPS) is 18.5. The van der Waals surface area contributed by atoms with Gasteiger partial charge in [0.15, 0.2) is 0 Å². The molecule has 1 aliphatic heterocycles. The molecule has 26 heavy (non-hydrogen) atoms. The van der Waals surface area contributed by atoms with Crippen molar-refractivity contribution in [1.29, 1.82) is 0 Å². The maximum atomic E-state index is 12.8. The Bertz CT molecular complexity index is 904. The van der Waals surface area contributed by atoms with Gasteiger partial charge in [-0.15, -0.1) is 0 Å². The molecule has 0 unspecified atom stereocenters. The van der Waals surface area contributed by atoms with Gasteiger partial charge >= 0.3 is 0 Å². The molecule has 138 valence electrons. The Morgan fingerprint density at radius 1 is 1.12 bits per heavy atom. The third kappa shape index (κ3) is 4.20. The summed E-state index contributed by atoms with van der Waals surface area (Å²) in [6, 6.07) is 13.1. The van der Waals surface area contributed by atoms with Gasteiger partial charge in [-0.3, -0.25) is 4.79 Å². The van der Waals surface area contributed by atoms with Crippen LogP contribution >= 0.6 is 23.2 Å². The topological polar surface area (TPSA) is 66.5 Å². The quantitative estimate of drug-likeness (QED) is 0.823. The number of hydrogen-bond acceptors (Lipinski definition) is 3. The van der Waals surface area contributed by atoms with Crippen molar-refractivity contribution in [3.8, 4) is 0 Å². The Kier molecular flexibility index (Phi) is 5.87. The minimum absolute atomic E-state index is 0.140. The van der Waals surface area contributed by atoms with Crippen molar-refractivity contribution in [2.75, 3.05) is 18.4 Å². The van der Waals surface area contributed by atoms with Gasteiger partial charge in [-0.25, -0.2) is 8.42 Å². The summed E-state index contributed by atoms with van der Waals surface area (Å²) in [5.74, 6) is -0.709. The highest BCUT2D eigenvalue weighted by molar-refractivity contribution is 7.89. The van der Waals surface area contributed by atoms with E-state index in [1.807, 2.05) is 0 Å². The Morgan fingerprint density at radius 3 is 2.58 bits per heavy atom. The number of carbonyl (C=O) groups excluding carboxylic acids is 1. The van der Waals surface area contributed by atoms with E-state index in [-0.39, 0.29) is 17.3 Å². The van der Waals surface area contributed by atoms with E-state index in [0.29, 0.717) is 35.1 Å². The number of rotatable bonds is 4. The fourth-order valence-corrected chi connectivity index (χ4v) is 4.83. The Labute approximate surface area is 163 Å². The highest BCUT2D eigenvalue weighted by Gasteiger charge is 2.33. The van der Waals surface area contributed by atoms with Gasteiger partial charge in [0.05, 0.1) is 21.5 Å². The molecule has 1 N–H and O–H groups in total. The Balaban J connectivity index is 1.74. The molecule has 1 fully saturated rings. The van der Waals surface area contributed by atoms with Gasteiger partial charge in [0.25, 0.3) is 0 Å². The van der Waals surface area contributed by atoms with Crippen molar-refractivity contribution in [3.05, 3.63) is 58.6 Å². The molecule has 0 spiro atoms. The van der Waals surface area contributed by atoms with E-state index in [4.69, 9.17) is 23.2 Å². The lowest BCUT2D eigenvalue weighted by Crippen LogP contribution is -2.43. The van der Waals surface area contributed by atoms with E-state index in [9.17, 15) is 13.2 Å². The predicted octanol–water partition coefficient (Wildman–Crippen LogP) is 4.03. The fraction of sp³-hybridized carbons (Fsp3) is 0.278. The van der Waals surface area contributed by atoms with Crippen molar-refractivity contribution >= 4 is 44.8 Å². The Hall–Kier alpha value is -1.60. The molecule has 1 atom stereocenters. The number of amides is 1. The first-order chi connectivity index (χ1) is 12.4. The van der Waals surface area contributed by atoms with Crippen molar-refractivity contribution < 1.29 is 13.2 Å². The van der Waals surface area contributed by atoms with Crippen LogP contribution in [0.4, 0.5) is 5.69 Å². The molecule has 0 aromatic heterocycles. The second kappa shape index (κ2) is 7.96. The zero-order chi connectivity index (χ0) is 18.7. The number of anilines is 1. The largest absolute Gasteiger partial charge is 0.324 e. The first kappa shape index (κ1) is 19.2. The van der Waals surface area contributed by atoms with Gasteiger partial charge in [0.2, 0.25) is 15.9 Å². The number of sulfonamides is 1. The summed E-state index contributed by atoms with van der Waals surface area (Å²) in [6.45, 7) is 0.542. The molecule has 1 amide bonds. The minimum Gasteiger partial charge on any atom is -0.324 e. The Morgan fingerprint density at radius 2 is 1.85 bits per heavy atom. The van der Waals surface area contributed by atoms with Gasteiger partial charge in [0.1, 0.15) is 0 Å². The van der Waals surface area contributed by atoms with Crippen LogP contribution in [0.5, 0.6) is 0 Å². The average Bonchev–Trinajstić information content (AvgIpc) is 2.65. The van der Waals surface area contributed by atoms with Crippen LogP contribution in [0.25, 0.3) is 0 Å². The molecule has 8 heteroatoms. The van der Waals surface area contributed by atoms with Gasteiger partial charge < -0.3 is 5.32 Å². The number of piperidine rings is 1. The summed E-state index contributed by atoms with van der Waals surface area (Å²) in [7, 11) is -3.61. The molecule has 0 aliphatic carbocycles. The highest BCUT2D eigenvalue weighted by Crippen LogP contribution is 2.28. The van der Waals surface area contributed by atoms with Gasteiger partial charge in [0, 0.05) is 18.1 Å². The number of benzene rings is 2. The van der Waals surface area contributed by atoms with E-state index in [2.05, 4.69) is 5.32 Å². The summed E-state index contributed by atoms with van der Waals surface area (Å²) in [4.78, 5) is 12.8. The molecule has 0 saturated carbocycles. The van der Waals surface area contributed by atoms with Crippen LogP contribution in [0.2, 0.25) is 10.0 Å². The second-order valence-corrected chi connectivity index (χ2v) is 8.91. The first-order valence-electron chi connectivity index (χ1n) is 8.19. The van der Waals surface area contributed by atoms with E-state index in [1.165, 1.54) is 4.31 Å². The standard InChI is InChI=1S/C18H18Cl2N2O3S/c19-14-8-9-16(20)17(11-14)21-18(23)13-5-4-10-22(12-13)26(24,25)15-6-2-1-3-7-15/h1-3,6-9,11,13H,4-5,10,12H2,(H,21,23)/t13-/m0/s1. The number of carbonyl (C=O) groups is 1. The monoisotopic (exact) mass is 412 g/mol. The summed E-state index contributed by atoms with van der Waals surface area (Å²) >= 11 is 12.0. The summed E-state index contributed by atoms with van der Waals surface area (Å²) < 4.78 is 26.9. The second-order valence-electron chi connectivity index (χ2n) is 6.13. The molecular weight excluding hydrogens is 395 g/mol. The average molecular weight is 413 g/mol. The van der Waals surface area contributed by atoms with Crippen molar-refractivity contribution in [1.82, 2.24) is 4.31 Å². The number of halogens is 2. The maximum Gasteiger partial charge on any atom is 0.243 e. The third-order valence-corrected chi connectivity index (χ3v) is 6.77. The predicted molar refractivity (Wildman–Crippen MR) is 103 cm³/mol. The van der Waals surface area contributed by atoms with Crippen molar-refractivity contribution in [2.24, 2.45) is 5.92 Å². The van der Waals surface area contributed by atoms with Crippen LogP contribution in [0, 0.1) is 5.92 Å². The summed E-state index contributed by atoms with van der Waals surface area (Å²) in [5, 5.41) is 3.60. The van der Waals surface area contributed by atoms with E-state index < -0.39 is 15.9 Å². The van der Waals surface area contributed by atoms with Crippen molar-refractivity contribution in [2.45, 2.75) is 17.7 Å². The van der Waals surface area contributed by atoms with E-state index in [1.54, 1.807) is 48.5 Å². The third-order valence-electron chi connectivity index (χ3n) is 4.32. The first-order valence-corrected chi connectivity index (χ1v) is 10.4. The van der Waals surface area contributed by atoms with Crippen LogP contribution in [0.1, 0.15) is 12.8 Å². The highest BCUT2D eigenvalue weighted by atomic mass is 35.5. The van der Waals surface area contributed by atoms with Crippen LogP contribution in [0.15, 0.2) is 53.4 Å². The van der Waals surface area contributed by atoms with Gasteiger partial charge in [-0.2, -0.15) is 4.31 Å². The van der Waals surface area contributed by atoms with Crippen LogP contribution in [-0.2, 0) is 14.8 Å². The molecule has 1 saturated heterocycles. The summed E-state index contributed by atoms with van der Waals surface area (Å²) in [6.07, 6.45) is 1.23. The van der Waals surface area contributed by atoms with E-state index >= 15 is 0 Å². The zero-order valence-electron chi connectivity index (χ0n) is 13.9. The molecule has 2 aromatic rings. The van der Waals surface area contributed by atoms with Crippen LogP contribution in [-0.4, -0.2) is 31.7 Å². The van der Waals surface area contributed by atoms with Gasteiger partial charge in [-0.05, 0) is 43.2 Å². The molecule has 2 aromatic carbocycles. The molecule has 1 heterocycles. The van der Waals surface area contributed by atoms with Crippen molar-refractivity contribution in [3.63, 3.8) is 0 Å². The molecule has 5 nitrogen and oxygen atoms in total. The fourth-order valence-electron chi connectivity index (χ4n) is 2.94. The SMILES string of the molecule is O=C(Nc1cc(Cl)ccc1Cl)[C@H]1CCCN(S(=O)(=O)c2ccccc2)C1. The maximum absolute atomic E-state index is 12.8.